The summed E-state index contributed by atoms with van der Waals surface area (Å²) in [6.45, 7) is 2.86. The van der Waals surface area contributed by atoms with E-state index in [1.165, 1.54) is 0 Å². The van der Waals surface area contributed by atoms with E-state index < -0.39 is 0 Å². The fourth-order valence-corrected chi connectivity index (χ4v) is 1.49. The second-order valence-corrected chi connectivity index (χ2v) is 3.38. The normalized spacial score (nSPS) is 8.69. The fourth-order valence-electron chi connectivity index (χ4n) is 1.03. The number of hydrogen-bond acceptors (Lipinski definition) is 2. The topological polar surface area (TPSA) is 3.24 Å². The molecule has 13 heavy (non-hydrogen) atoms. The molecule has 1 rings (SSSR count). The SMILES string of the molecule is CCN(C(=S)[S-])c1ccccc1.[Cu+]. The van der Waals surface area contributed by atoms with Crippen LogP contribution >= 0.6 is 12.2 Å². The van der Waals surface area contributed by atoms with Crippen molar-refractivity contribution in [1.82, 2.24) is 0 Å². The molecule has 1 aromatic rings. The van der Waals surface area contributed by atoms with E-state index in [-0.39, 0.29) is 17.1 Å². The molecule has 0 bridgehead atoms. The summed E-state index contributed by atoms with van der Waals surface area (Å²) in [5, 5.41) is 0. The molecule has 0 heterocycles. The molecule has 0 radical (unpaired) electrons. The van der Waals surface area contributed by atoms with Crippen LogP contribution in [0.25, 0.3) is 0 Å². The van der Waals surface area contributed by atoms with E-state index in [0.29, 0.717) is 4.32 Å². The number of nitrogens with zero attached hydrogens (tertiary/aromatic N) is 1. The summed E-state index contributed by atoms with van der Waals surface area (Å²) in [6.07, 6.45) is 0. The van der Waals surface area contributed by atoms with Crippen molar-refractivity contribution in [2.24, 2.45) is 0 Å². The van der Waals surface area contributed by atoms with Crippen LogP contribution in [-0.4, -0.2) is 10.9 Å². The van der Waals surface area contributed by atoms with Crippen molar-refractivity contribution in [3.05, 3.63) is 30.3 Å². The van der Waals surface area contributed by atoms with Gasteiger partial charge in [-0.05, 0) is 19.1 Å². The Balaban J connectivity index is 0.00000144. The smallest absolute Gasteiger partial charge is 0.411 e. The van der Waals surface area contributed by atoms with Gasteiger partial charge in [-0.25, -0.2) is 0 Å². The summed E-state index contributed by atoms with van der Waals surface area (Å²) in [5.41, 5.74) is 1.07. The van der Waals surface area contributed by atoms with Crippen LogP contribution in [0.2, 0.25) is 0 Å². The second-order valence-electron chi connectivity index (χ2n) is 2.35. The van der Waals surface area contributed by atoms with Gasteiger partial charge in [0.15, 0.2) is 0 Å². The molecule has 1 nitrogen and oxygen atoms in total. The van der Waals surface area contributed by atoms with Gasteiger partial charge >= 0.3 is 17.1 Å². The van der Waals surface area contributed by atoms with Crippen LogP contribution < -0.4 is 4.90 Å². The molecule has 74 valence electrons. The average molecular weight is 260 g/mol. The Morgan fingerprint density at radius 3 is 2.31 bits per heavy atom. The van der Waals surface area contributed by atoms with Crippen LogP contribution in [0.4, 0.5) is 5.69 Å². The summed E-state index contributed by atoms with van der Waals surface area (Å²) in [7, 11) is 0. The molecule has 1 aromatic carbocycles. The zero-order valence-electron chi connectivity index (χ0n) is 7.16. The van der Waals surface area contributed by atoms with Crippen molar-refractivity contribution in [3.63, 3.8) is 0 Å². The number of thiocarbonyl (C=S) groups is 1. The van der Waals surface area contributed by atoms with Crippen molar-refractivity contribution in [2.45, 2.75) is 6.92 Å². The van der Waals surface area contributed by atoms with Crippen molar-refractivity contribution in [2.75, 3.05) is 11.4 Å². The molecule has 0 saturated heterocycles. The molecule has 4 heteroatoms. The van der Waals surface area contributed by atoms with Crippen molar-refractivity contribution < 1.29 is 17.1 Å². The molecule has 0 atom stereocenters. The van der Waals surface area contributed by atoms with Gasteiger partial charge in [-0.2, -0.15) is 0 Å². The van der Waals surface area contributed by atoms with E-state index in [1.54, 1.807) is 0 Å². The minimum absolute atomic E-state index is 0. The molecule has 0 saturated carbocycles. The van der Waals surface area contributed by atoms with Gasteiger partial charge in [0.2, 0.25) is 0 Å². The van der Waals surface area contributed by atoms with Gasteiger partial charge in [0.1, 0.15) is 0 Å². The maximum atomic E-state index is 4.94. The quantitative estimate of drug-likeness (QED) is 0.456. The van der Waals surface area contributed by atoms with Crippen molar-refractivity contribution >= 4 is 34.9 Å². The van der Waals surface area contributed by atoms with E-state index in [1.807, 2.05) is 42.2 Å². The molecule has 0 aliphatic carbocycles. The van der Waals surface area contributed by atoms with Crippen LogP contribution in [0.5, 0.6) is 0 Å². The Labute approximate surface area is 100 Å². The molecule has 0 aromatic heterocycles. The summed E-state index contributed by atoms with van der Waals surface area (Å²) in [5.74, 6) is 0. The number of benzene rings is 1. The largest absolute Gasteiger partial charge is 1.00 e. The monoisotopic (exact) mass is 259 g/mol. The van der Waals surface area contributed by atoms with Crippen molar-refractivity contribution in [1.29, 1.82) is 0 Å². The number of anilines is 1. The first-order valence-electron chi connectivity index (χ1n) is 3.79. The number of rotatable bonds is 2. The van der Waals surface area contributed by atoms with E-state index in [9.17, 15) is 0 Å². The summed E-state index contributed by atoms with van der Waals surface area (Å²) >= 11 is 9.88. The molecular formula is C9H10CuNS2. The third-order valence-electron chi connectivity index (χ3n) is 1.60. The van der Waals surface area contributed by atoms with E-state index in [2.05, 4.69) is 0 Å². The van der Waals surface area contributed by atoms with Gasteiger partial charge in [-0.1, -0.05) is 22.5 Å². The predicted molar refractivity (Wildman–Crippen MR) is 59.4 cm³/mol. The Kier molecular flexibility index (Phi) is 6.25. The van der Waals surface area contributed by atoms with Crippen LogP contribution in [0.1, 0.15) is 6.92 Å². The third-order valence-corrected chi connectivity index (χ3v) is 2.05. The molecular weight excluding hydrogens is 250 g/mol. The van der Waals surface area contributed by atoms with E-state index in [0.717, 1.165) is 12.2 Å². The fraction of sp³-hybridized carbons (Fsp3) is 0.222. The van der Waals surface area contributed by atoms with E-state index >= 15 is 0 Å². The molecule has 0 N–H and O–H groups in total. The van der Waals surface area contributed by atoms with Crippen LogP contribution in [0.3, 0.4) is 0 Å². The molecule has 0 aliphatic heterocycles. The van der Waals surface area contributed by atoms with Gasteiger partial charge in [0.05, 0.1) is 0 Å². The van der Waals surface area contributed by atoms with Crippen LogP contribution in [0, 0.1) is 0 Å². The first-order chi connectivity index (χ1) is 5.75. The van der Waals surface area contributed by atoms with E-state index in [4.69, 9.17) is 24.8 Å². The third kappa shape index (κ3) is 3.61. The molecule has 0 spiro atoms. The van der Waals surface area contributed by atoms with Gasteiger partial charge in [-0.3, -0.25) is 0 Å². The Morgan fingerprint density at radius 1 is 1.38 bits per heavy atom. The van der Waals surface area contributed by atoms with Crippen LogP contribution in [0.15, 0.2) is 30.3 Å². The molecule has 0 unspecified atom stereocenters. The molecule has 0 amide bonds. The minimum atomic E-state index is 0. The second kappa shape index (κ2) is 6.33. The standard InChI is InChI=1S/C9H11NS2.Cu/c1-2-10(9(11)12)8-6-4-3-5-7-8;/h3-7H,2H2,1H3,(H,11,12);/q;+1/p-1. The molecule has 0 fully saturated rings. The van der Waals surface area contributed by atoms with Crippen molar-refractivity contribution in [3.8, 4) is 0 Å². The predicted octanol–water partition coefficient (Wildman–Crippen LogP) is 2.34. The van der Waals surface area contributed by atoms with Gasteiger partial charge < -0.3 is 29.7 Å². The summed E-state index contributed by atoms with van der Waals surface area (Å²) in [4.78, 5) is 1.92. The van der Waals surface area contributed by atoms with Crippen LogP contribution in [-0.2, 0) is 29.7 Å². The summed E-state index contributed by atoms with van der Waals surface area (Å²) in [6, 6.07) is 9.94. The molecule has 0 aliphatic rings. The van der Waals surface area contributed by atoms with Gasteiger partial charge in [0.25, 0.3) is 0 Å². The zero-order chi connectivity index (χ0) is 8.97. The summed E-state index contributed by atoms with van der Waals surface area (Å²) < 4.78 is 0.503. The number of para-hydroxylation sites is 1. The zero-order valence-corrected chi connectivity index (χ0v) is 9.73. The number of hydrogen-bond donors (Lipinski definition) is 0. The Bertz CT molecular complexity index is 264. The Morgan fingerprint density at radius 2 is 1.92 bits per heavy atom. The minimum Gasteiger partial charge on any atom is -0.411 e. The van der Waals surface area contributed by atoms with Gasteiger partial charge in [0, 0.05) is 12.2 Å². The first-order valence-corrected chi connectivity index (χ1v) is 4.61. The van der Waals surface area contributed by atoms with Gasteiger partial charge in [-0.15, -0.1) is 0 Å². The maximum Gasteiger partial charge on any atom is 1.00 e. The average Bonchev–Trinajstić information content (AvgIpc) is 2.07. The Hall–Kier alpha value is -0.151. The maximum absolute atomic E-state index is 4.94. The first kappa shape index (κ1) is 12.8.